The number of aromatic nitrogens is 4. The summed E-state index contributed by atoms with van der Waals surface area (Å²) in [5.41, 5.74) is 5.99. The van der Waals surface area contributed by atoms with Gasteiger partial charge in [0.2, 0.25) is 11.9 Å². The van der Waals surface area contributed by atoms with Gasteiger partial charge in [-0.15, -0.1) is 0 Å². The normalized spacial score (nSPS) is 11.2. The van der Waals surface area contributed by atoms with Gasteiger partial charge in [-0.3, -0.25) is 9.78 Å². The van der Waals surface area contributed by atoms with Gasteiger partial charge in [0.15, 0.2) is 0 Å². The summed E-state index contributed by atoms with van der Waals surface area (Å²) in [6, 6.07) is 19.2. The molecule has 0 saturated carbocycles. The van der Waals surface area contributed by atoms with Crippen LogP contribution in [0.4, 0.5) is 23.0 Å². The molecule has 0 bridgehead atoms. The van der Waals surface area contributed by atoms with E-state index in [4.69, 9.17) is 16.6 Å². The average Bonchev–Trinajstić information content (AvgIpc) is 3.38. The number of nitrogens with one attached hydrogen (secondary N) is 4. The number of likely N-dealkylation sites (N-methyl/N-ethyl adjacent to an activating group) is 1. The van der Waals surface area contributed by atoms with Crippen molar-refractivity contribution in [3.63, 3.8) is 0 Å². The average molecular weight is 565 g/mol. The molecule has 1 amide bonds. The van der Waals surface area contributed by atoms with E-state index in [1.807, 2.05) is 73.7 Å². The van der Waals surface area contributed by atoms with E-state index < -0.39 is 0 Å². The van der Waals surface area contributed by atoms with E-state index >= 15 is 0 Å². The monoisotopic (exact) mass is 564 g/mol. The van der Waals surface area contributed by atoms with Gasteiger partial charge in [-0.2, -0.15) is 0 Å². The lowest BCUT2D eigenvalue weighted by Gasteiger charge is -2.12. The number of para-hydroxylation sites is 1. The van der Waals surface area contributed by atoms with Gasteiger partial charge in [-0.1, -0.05) is 48.5 Å². The number of fused-ring (bicyclic) bond motifs is 1. The largest absolute Gasteiger partial charge is 0.360 e. The number of hydrogen-bond donors (Lipinski definition) is 4. The summed E-state index contributed by atoms with van der Waals surface area (Å²) in [6.45, 7) is 4.80. The van der Waals surface area contributed by atoms with E-state index in [0.29, 0.717) is 40.3 Å². The Hall–Kier alpha value is -4.99. The summed E-state index contributed by atoms with van der Waals surface area (Å²) >= 11 is 6.48. The quantitative estimate of drug-likeness (QED) is 0.142. The summed E-state index contributed by atoms with van der Waals surface area (Å²) in [5, 5.41) is 10.8. The number of amides is 1. The summed E-state index contributed by atoms with van der Waals surface area (Å²) in [6.07, 6.45) is 8.40. The van der Waals surface area contributed by atoms with E-state index in [-0.39, 0.29) is 5.91 Å². The fraction of sp³-hybridized carbons (Fsp3) is 0.0968. The molecule has 5 rings (SSSR count). The third-order valence-corrected chi connectivity index (χ3v) is 6.36. The van der Waals surface area contributed by atoms with Crippen molar-refractivity contribution in [3.8, 4) is 11.3 Å². The predicted molar refractivity (Wildman–Crippen MR) is 167 cm³/mol. The van der Waals surface area contributed by atoms with Crippen molar-refractivity contribution in [3.05, 3.63) is 109 Å². The molecule has 10 heteroatoms. The molecule has 41 heavy (non-hydrogen) atoms. The lowest BCUT2D eigenvalue weighted by Crippen LogP contribution is -2.13. The van der Waals surface area contributed by atoms with E-state index in [1.165, 1.54) is 6.08 Å². The molecule has 0 saturated heterocycles. The van der Waals surface area contributed by atoms with Crippen LogP contribution in [0, 0.1) is 0 Å². The second-order valence-corrected chi connectivity index (χ2v) is 9.94. The van der Waals surface area contributed by atoms with E-state index in [0.717, 1.165) is 27.8 Å². The van der Waals surface area contributed by atoms with Gasteiger partial charge in [0.1, 0.15) is 0 Å². The molecule has 0 spiro atoms. The number of benzene rings is 2. The third kappa shape index (κ3) is 6.96. The third-order valence-electron chi connectivity index (χ3n) is 6.08. The minimum atomic E-state index is -0.207. The zero-order chi connectivity index (χ0) is 28.8. The molecule has 3 aromatic heterocycles. The van der Waals surface area contributed by atoms with Gasteiger partial charge in [-0.25, -0.2) is 9.97 Å². The number of rotatable bonds is 10. The second-order valence-electron chi connectivity index (χ2n) is 9.53. The van der Waals surface area contributed by atoms with Crippen LogP contribution in [0.2, 0.25) is 5.02 Å². The van der Waals surface area contributed by atoms with Crippen LogP contribution < -0.4 is 16.0 Å². The number of anilines is 4. The molecule has 0 aliphatic heterocycles. The molecular formula is C31H29ClN8O. The van der Waals surface area contributed by atoms with Crippen LogP contribution in [0.15, 0.2) is 98.0 Å². The fourth-order valence-electron chi connectivity index (χ4n) is 4.13. The van der Waals surface area contributed by atoms with Gasteiger partial charge in [-0.05, 0) is 50.5 Å². The number of pyridine rings is 1. The van der Waals surface area contributed by atoms with Crippen LogP contribution in [0.25, 0.3) is 27.9 Å². The molecule has 3 heterocycles. The maximum atomic E-state index is 12.1. The maximum absolute atomic E-state index is 12.1. The molecule has 0 radical (unpaired) electrons. The van der Waals surface area contributed by atoms with Gasteiger partial charge >= 0.3 is 0 Å². The first-order valence-corrected chi connectivity index (χ1v) is 13.2. The number of hydrogen-bond acceptors (Lipinski definition) is 7. The lowest BCUT2D eigenvalue weighted by atomic mass is 10.1. The number of carbonyl (C=O) groups is 1. The van der Waals surface area contributed by atoms with Crippen LogP contribution in [0.1, 0.15) is 5.69 Å². The minimum absolute atomic E-state index is 0.207. The highest BCUT2D eigenvalue weighted by atomic mass is 35.5. The molecule has 0 fully saturated rings. The Morgan fingerprint density at radius 1 is 1.00 bits per heavy atom. The zero-order valence-corrected chi connectivity index (χ0v) is 23.4. The van der Waals surface area contributed by atoms with E-state index in [9.17, 15) is 4.79 Å². The molecule has 5 aromatic rings. The van der Waals surface area contributed by atoms with Crippen molar-refractivity contribution >= 4 is 57.1 Å². The number of H-pyrrole nitrogens is 1. The molecule has 0 unspecified atom stereocenters. The van der Waals surface area contributed by atoms with Crippen LogP contribution >= 0.6 is 11.6 Å². The Balaban J connectivity index is 1.24. The summed E-state index contributed by atoms with van der Waals surface area (Å²) in [7, 11) is 3.88. The first-order valence-electron chi connectivity index (χ1n) is 12.9. The van der Waals surface area contributed by atoms with Crippen molar-refractivity contribution in [2.45, 2.75) is 0 Å². The highest BCUT2D eigenvalue weighted by Gasteiger charge is 2.13. The zero-order valence-electron chi connectivity index (χ0n) is 22.6. The number of aromatic amines is 1. The first-order chi connectivity index (χ1) is 19.9. The van der Waals surface area contributed by atoms with Gasteiger partial charge in [0.05, 0.1) is 40.2 Å². The van der Waals surface area contributed by atoms with Crippen LogP contribution in [0.5, 0.6) is 0 Å². The lowest BCUT2D eigenvalue weighted by molar-refractivity contribution is -0.111. The number of halogens is 1. The Labute approximate surface area is 243 Å². The van der Waals surface area contributed by atoms with E-state index in [1.54, 1.807) is 30.6 Å². The molecule has 0 aliphatic carbocycles. The standard InChI is InChI=1S/C31H29ClN8O/c1-20(27-14-13-23(17-33-27)37-29(41)12-7-15-40(2)3)36-21-8-6-9-22(16-21)38-31-35-19-26(32)30(39-31)25-18-34-28-11-5-4-10-24(25)28/h4-14,16-19,34,36H,1,15H2,2-3H3,(H,37,41)(H,35,38,39)/b12-7+. The summed E-state index contributed by atoms with van der Waals surface area (Å²) in [4.78, 5) is 30.8. The fourth-order valence-corrected chi connectivity index (χ4v) is 4.32. The van der Waals surface area contributed by atoms with Crippen molar-refractivity contribution in [1.82, 2.24) is 24.8 Å². The first kappa shape index (κ1) is 27.6. The summed E-state index contributed by atoms with van der Waals surface area (Å²) < 4.78 is 0. The predicted octanol–water partition coefficient (Wildman–Crippen LogP) is 6.56. The Bertz CT molecular complexity index is 1730. The number of carbonyl (C=O) groups excluding carboxylic acids is 1. The van der Waals surface area contributed by atoms with Crippen LogP contribution in [-0.2, 0) is 4.79 Å². The molecular weight excluding hydrogens is 536 g/mol. The highest BCUT2D eigenvalue weighted by Crippen LogP contribution is 2.33. The van der Waals surface area contributed by atoms with Crippen LogP contribution in [0.3, 0.4) is 0 Å². The Kier molecular flexibility index (Phi) is 8.38. The van der Waals surface area contributed by atoms with E-state index in [2.05, 4.69) is 37.5 Å². The Morgan fingerprint density at radius 2 is 1.83 bits per heavy atom. The highest BCUT2D eigenvalue weighted by molar-refractivity contribution is 6.33. The van der Waals surface area contributed by atoms with Crippen molar-refractivity contribution in [2.24, 2.45) is 0 Å². The second kappa shape index (κ2) is 12.5. The van der Waals surface area contributed by atoms with Crippen molar-refractivity contribution in [2.75, 3.05) is 36.6 Å². The molecule has 0 aliphatic rings. The molecule has 206 valence electrons. The van der Waals surface area contributed by atoms with Gasteiger partial charge < -0.3 is 25.8 Å². The summed E-state index contributed by atoms with van der Waals surface area (Å²) in [5.74, 6) is 0.211. The van der Waals surface area contributed by atoms with Crippen molar-refractivity contribution < 1.29 is 4.79 Å². The topological polar surface area (TPSA) is 111 Å². The maximum Gasteiger partial charge on any atom is 0.248 e. The van der Waals surface area contributed by atoms with Gasteiger partial charge in [0, 0.05) is 46.7 Å². The van der Waals surface area contributed by atoms with Gasteiger partial charge in [0.25, 0.3) is 0 Å². The smallest absolute Gasteiger partial charge is 0.248 e. The minimum Gasteiger partial charge on any atom is -0.360 e. The molecule has 9 nitrogen and oxygen atoms in total. The molecule has 2 aromatic carbocycles. The Morgan fingerprint density at radius 3 is 2.63 bits per heavy atom. The molecule has 4 N–H and O–H groups in total. The SMILES string of the molecule is C=C(Nc1cccc(Nc2ncc(Cl)c(-c3c[nH]c4ccccc34)n2)c1)c1ccc(NC(=O)/C=C/CN(C)C)cn1. The number of nitrogens with zero attached hydrogens (tertiary/aromatic N) is 4. The molecule has 0 atom stereocenters. The van der Waals surface area contributed by atoms with Crippen molar-refractivity contribution in [1.29, 1.82) is 0 Å². The van der Waals surface area contributed by atoms with Crippen LogP contribution in [-0.4, -0.2) is 51.4 Å².